The van der Waals surface area contributed by atoms with E-state index in [0.717, 1.165) is 10.5 Å². The Morgan fingerprint density at radius 3 is 2.47 bits per heavy atom. The van der Waals surface area contributed by atoms with Crippen LogP contribution < -0.4 is 0 Å². The van der Waals surface area contributed by atoms with Gasteiger partial charge in [0.1, 0.15) is 6.04 Å². The molecule has 1 heterocycles. The molecule has 0 radical (unpaired) electrons. The van der Waals surface area contributed by atoms with Gasteiger partial charge >= 0.3 is 12.1 Å². The number of carboxylic acids is 1. The van der Waals surface area contributed by atoms with Crippen molar-refractivity contribution in [2.75, 3.05) is 13.6 Å². The lowest BCUT2D eigenvalue weighted by Crippen LogP contribution is -2.45. The number of aromatic nitrogens is 1. The van der Waals surface area contributed by atoms with E-state index >= 15 is 0 Å². The summed E-state index contributed by atoms with van der Waals surface area (Å²) in [5.41, 5.74) is 0.859. The minimum absolute atomic E-state index is 0.126. The van der Waals surface area contributed by atoms with Gasteiger partial charge in [0.15, 0.2) is 0 Å². The van der Waals surface area contributed by atoms with Gasteiger partial charge in [-0.15, -0.1) is 0 Å². The molecule has 0 aliphatic rings. The molecule has 0 saturated heterocycles. The van der Waals surface area contributed by atoms with Crippen molar-refractivity contribution < 1.29 is 23.1 Å². The van der Waals surface area contributed by atoms with Gasteiger partial charge in [-0.3, -0.25) is 14.7 Å². The van der Waals surface area contributed by atoms with Crippen molar-refractivity contribution in [1.82, 2.24) is 9.88 Å². The fourth-order valence-electron chi connectivity index (χ4n) is 1.70. The first-order valence-electron chi connectivity index (χ1n) is 5.68. The molecule has 4 nitrogen and oxygen atoms in total. The van der Waals surface area contributed by atoms with Crippen LogP contribution in [0.25, 0.3) is 0 Å². The molecule has 1 rings (SSSR count). The van der Waals surface area contributed by atoms with Crippen molar-refractivity contribution in [3.63, 3.8) is 0 Å². The van der Waals surface area contributed by atoms with Crippen LogP contribution in [-0.4, -0.2) is 46.8 Å². The minimum Gasteiger partial charge on any atom is -0.481 e. The SMILES string of the molecule is CN(CCc1ccncc1)C(CC(=O)O)C(F)(F)F. The molecule has 0 fully saturated rings. The summed E-state index contributed by atoms with van der Waals surface area (Å²) >= 11 is 0. The van der Waals surface area contributed by atoms with Crippen LogP contribution in [0.3, 0.4) is 0 Å². The lowest BCUT2D eigenvalue weighted by molar-refractivity contribution is -0.187. The van der Waals surface area contributed by atoms with Crippen LogP contribution in [0.4, 0.5) is 13.2 Å². The summed E-state index contributed by atoms with van der Waals surface area (Å²) in [6, 6.07) is 1.47. The van der Waals surface area contributed by atoms with E-state index in [1.54, 1.807) is 24.5 Å². The molecule has 1 unspecified atom stereocenters. The van der Waals surface area contributed by atoms with Gasteiger partial charge in [0.05, 0.1) is 6.42 Å². The number of hydrogen-bond donors (Lipinski definition) is 1. The van der Waals surface area contributed by atoms with E-state index in [0.29, 0.717) is 6.42 Å². The molecule has 1 N–H and O–H groups in total. The van der Waals surface area contributed by atoms with Crippen LogP contribution in [0.15, 0.2) is 24.5 Å². The van der Waals surface area contributed by atoms with E-state index < -0.39 is 24.6 Å². The molecule has 106 valence electrons. The molecule has 1 aromatic heterocycles. The van der Waals surface area contributed by atoms with E-state index in [9.17, 15) is 18.0 Å². The highest BCUT2D eigenvalue weighted by atomic mass is 19.4. The van der Waals surface area contributed by atoms with Gasteiger partial charge in [-0.25, -0.2) is 0 Å². The summed E-state index contributed by atoms with van der Waals surface area (Å²) in [5, 5.41) is 8.55. The maximum atomic E-state index is 12.7. The first kappa shape index (κ1) is 15.4. The Morgan fingerprint density at radius 2 is 2.00 bits per heavy atom. The number of carboxylic acid groups (broad SMARTS) is 1. The second kappa shape index (κ2) is 6.51. The van der Waals surface area contributed by atoms with Gasteiger partial charge in [-0.05, 0) is 31.2 Å². The molecule has 1 atom stereocenters. The van der Waals surface area contributed by atoms with Gasteiger partial charge in [-0.2, -0.15) is 13.2 Å². The van der Waals surface area contributed by atoms with E-state index in [-0.39, 0.29) is 6.54 Å². The second-order valence-electron chi connectivity index (χ2n) is 4.24. The third kappa shape index (κ3) is 5.25. The topological polar surface area (TPSA) is 53.4 Å². The molecule has 0 aliphatic carbocycles. The summed E-state index contributed by atoms with van der Waals surface area (Å²) in [5.74, 6) is -1.46. The normalized spacial score (nSPS) is 13.5. The first-order chi connectivity index (χ1) is 8.80. The van der Waals surface area contributed by atoms with E-state index in [2.05, 4.69) is 4.98 Å². The van der Waals surface area contributed by atoms with Crippen LogP contribution in [-0.2, 0) is 11.2 Å². The third-order valence-corrected chi connectivity index (χ3v) is 2.78. The van der Waals surface area contributed by atoms with Gasteiger partial charge in [0.2, 0.25) is 0 Å². The Kier molecular flexibility index (Phi) is 5.29. The minimum atomic E-state index is -4.55. The summed E-state index contributed by atoms with van der Waals surface area (Å²) in [7, 11) is 1.28. The smallest absolute Gasteiger partial charge is 0.404 e. The fourth-order valence-corrected chi connectivity index (χ4v) is 1.70. The van der Waals surface area contributed by atoms with E-state index in [1.807, 2.05) is 0 Å². The number of hydrogen-bond acceptors (Lipinski definition) is 3. The Bertz CT molecular complexity index is 409. The zero-order valence-electron chi connectivity index (χ0n) is 10.4. The van der Waals surface area contributed by atoms with Crippen LogP contribution >= 0.6 is 0 Å². The van der Waals surface area contributed by atoms with Crippen LogP contribution in [0.2, 0.25) is 0 Å². The molecule has 1 aromatic rings. The van der Waals surface area contributed by atoms with Gasteiger partial charge in [-0.1, -0.05) is 0 Å². The van der Waals surface area contributed by atoms with Gasteiger partial charge < -0.3 is 5.11 Å². The number of halogens is 3. The lowest BCUT2D eigenvalue weighted by Gasteiger charge is -2.28. The van der Waals surface area contributed by atoms with Crippen molar-refractivity contribution >= 4 is 5.97 Å². The lowest BCUT2D eigenvalue weighted by atomic mass is 10.1. The summed E-state index contributed by atoms with van der Waals surface area (Å²) in [4.78, 5) is 15.3. The predicted molar refractivity (Wildman–Crippen MR) is 62.7 cm³/mol. The number of alkyl halides is 3. The van der Waals surface area contributed by atoms with Crippen LogP contribution in [0.1, 0.15) is 12.0 Å². The Hall–Kier alpha value is -1.63. The highest BCUT2D eigenvalue weighted by molar-refractivity contribution is 5.67. The number of rotatable bonds is 6. The molecule has 0 bridgehead atoms. The summed E-state index contributed by atoms with van der Waals surface area (Å²) in [6.45, 7) is 0.126. The molecule has 19 heavy (non-hydrogen) atoms. The molecule has 0 spiro atoms. The number of nitrogens with zero attached hydrogens (tertiary/aromatic N) is 2. The summed E-state index contributed by atoms with van der Waals surface area (Å²) < 4.78 is 38.2. The standard InChI is InChI=1S/C12H15F3N2O2/c1-17(7-4-9-2-5-16-6-3-9)10(8-11(18)19)12(13,14)15/h2-3,5-6,10H,4,7-8H2,1H3,(H,18,19). The largest absolute Gasteiger partial charge is 0.481 e. The average Bonchev–Trinajstić information content (AvgIpc) is 2.33. The second-order valence-corrected chi connectivity index (χ2v) is 4.24. The average molecular weight is 276 g/mol. The molecule has 0 amide bonds. The molecule has 0 aliphatic heterocycles. The molecular weight excluding hydrogens is 261 g/mol. The van der Waals surface area contributed by atoms with Crippen molar-refractivity contribution in [3.8, 4) is 0 Å². The van der Waals surface area contributed by atoms with Crippen molar-refractivity contribution in [1.29, 1.82) is 0 Å². The Morgan fingerprint density at radius 1 is 1.42 bits per heavy atom. The fraction of sp³-hybridized carbons (Fsp3) is 0.500. The van der Waals surface area contributed by atoms with Crippen LogP contribution in [0.5, 0.6) is 0 Å². The molecule has 7 heteroatoms. The van der Waals surface area contributed by atoms with Gasteiger partial charge in [0, 0.05) is 18.9 Å². The van der Waals surface area contributed by atoms with Crippen LogP contribution in [0, 0.1) is 0 Å². The Labute approximate surface area is 108 Å². The highest BCUT2D eigenvalue weighted by Gasteiger charge is 2.43. The van der Waals surface area contributed by atoms with E-state index in [1.165, 1.54) is 7.05 Å². The number of likely N-dealkylation sites (N-methyl/N-ethyl adjacent to an activating group) is 1. The van der Waals surface area contributed by atoms with Gasteiger partial charge in [0.25, 0.3) is 0 Å². The molecule has 0 saturated carbocycles. The number of carbonyl (C=O) groups is 1. The predicted octanol–water partition coefficient (Wildman–Crippen LogP) is 1.96. The monoisotopic (exact) mass is 276 g/mol. The zero-order chi connectivity index (χ0) is 14.5. The number of pyridine rings is 1. The van der Waals surface area contributed by atoms with Crippen molar-refractivity contribution in [2.45, 2.75) is 25.1 Å². The third-order valence-electron chi connectivity index (χ3n) is 2.78. The zero-order valence-corrected chi connectivity index (χ0v) is 10.4. The number of aliphatic carboxylic acids is 1. The maximum Gasteiger partial charge on any atom is 0.404 e. The van der Waals surface area contributed by atoms with Crippen molar-refractivity contribution in [2.24, 2.45) is 0 Å². The van der Waals surface area contributed by atoms with Crippen molar-refractivity contribution in [3.05, 3.63) is 30.1 Å². The molecule has 0 aromatic carbocycles. The Balaban J connectivity index is 2.62. The quantitative estimate of drug-likeness (QED) is 0.863. The highest BCUT2D eigenvalue weighted by Crippen LogP contribution is 2.26. The molecular formula is C12H15F3N2O2. The summed E-state index contributed by atoms with van der Waals surface area (Å²) in [6.07, 6.45) is -1.96. The maximum absolute atomic E-state index is 12.7. The van der Waals surface area contributed by atoms with E-state index in [4.69, 9.17) is 5.11 Å². The first-order valence-corrected chi connectivity index (χ1v) is 5.68.